The summed E-state index contributed by atoms with van der Waals surface area (Å²) >= 11 is 0. The summed E-state index contributed by atoms with van der Waals surface area (Å²) in [6.45, 7) is 0. The number of hydrazone groups is 2. The van der Waals surface area contributed by atoms with Crippen LogP contribution in [0.3, 0.4) is 0 Å². The Labute approximate surface area is 377 Å². The largest absolute Gasteiger partial charge is 1.00 e. The quantitative estimate of drug-likeness (QED) is 0.0468. The summed E-state index contributed by atoms with van der Waals surface area (Å²) in [5.41, 5.74) is 5.95. The summed E-state index contributed by atoms with van der Waals surface area (Å²) < 4.78 is 32.9. The number of hydrogen-bond donors (Lipinski definition) is 5. The molecule has 0 spiro atoms. The van der Waals surface area contributed by atoms with Gasteiger partial charge in [0.1, 0.15) is 39.2 Å². The van der Waals surface area contributed by atoms with Gasteiger partial charge in [0.05, 0.1) is 9.85 Å². The number of anilines is 2. The Hall–Kier alpha value is -5.04. The maximum absolute atomic E-state index is 12.6. The molecule has 0 saturated carbocycles. The van der Waals surface area contributed by atoms with Crippen molar-refractivity contribution in [3.63, 3.8) is 0 Å². The third-order valence-corrected chi connectivity index (χ3v) is 8.93. The van der Waals surface area contributed by atoms with Crippen LogP contribution in [0.4, 0.5) is 22.7 Å². The van der Waals surface area contributed by atoms with Crippen molar-refractivity contribution < 1.29 is 119 Å². The van der Waals surface area contributed by atoms with E-state index in [4.69, 9.17) is 0 Å². The number of carbonyl (C=O) groups is 2. The van der Waals surface area contributed by atoms with Crippen molar-refractivity contribution in [1.82, 2.24) is 0 Å². The summed E-state index contributed by atoms with van der Waals surface area (Å²) in [7, 11) is -4.84. The molecule has 0 aliphatic heterocycles. The molecule has 2 aliphatic rings. The number of nitrogens with one attached hydrogen (secondary N) is 2. The van der Waals surface area contributed by atoms with Gasteiger partial charge >= 0.3 is 59.1 Å². The Kier molecular flexibility index (Phi) is 15.8. The zero-order valence-corrected chi connectivity index (χ0v) is 35.8. The average Bonchev–Trinajstić information content (AvgIpc) is 3.14. The third-order valence-electron chi connectivity index (χ3n) is 8.04. The molecule has 0 unspecified atom stereocenters. The number of allylic oxidation sites excluding steroid dienone is 2. The smallest absolute Gasteiger partial charge is 0.506 e. The van der Waals surface area contributed by atoms with E-state index in [2.05, 4.69) is 21.1 Å². The van der Waals surface area contributed by atoms with Crippen molar-refractivity contribution in [2.75, 3.05) is 10.9 Å². The van der Waals surface area contributed by atoms with Crippen molar-refractivity contribution >= 4 is 77.6 Å². The molecule has 0 amide bonds. The van der Waals surface area contributed by atoms with Gasteiger partial charge in [0.25, 0.3) is 21.5 Å². The number of aromatic hydroxyl groups is 2. The van der Waals surface area contributed by atoms with Crippen molar-refractivity contribution in [1.29, 1.82) is 0 Å². The Morgan fingerprint density at radius 1 is 0.649 bits per heavy atom. The summed E-state index contributed by atoms with van der Waals surface area (Å²) in [6, 6.07) is 24.2. The minimum atomic E-state index is -4.84. The van der Waals surface area contributed by atoms with Gasteiger partial charge in [0.2, 0.25) is 11.6 Å². The van der Waals surface area contributed by atoms with Gasteiger partial charge in [-0.25, -0.2) is 0 Å². The number of non-ortho nitro benzene ring substituents is 2. The van der Waals surface area contributed by atoms with Crippen LogP contribution in [0.1, 0.15) is 22.3 Å². The third kappa shape index (κ3) is 10.3. The van der Waals surface area contributed by atoms with Gasteiger partial charge in [0.15, 0.2) is 0 Å². The number of phenolic OH excluding ortho intramolecular Hbond substituents is 2. The van der Waals surface area contributed by atoms with E-state index in [0.717, 1.165) is 29.1 Å². The van der Waals surface area contributed by atoms with Crippen LogP contribution < -0.4 is 70.0 Å². The van der Waals surface area contributed by atoms with Crippen LogP contribution in [-0.2, 0) is 37.1 Å². The molecule has 5 aromatic carbocycles. The zero-order valence-electron chi connectivity index (χ0n) is 29.7. The molecule has 0 saturated heterocycles. The minimum absolute atomic E-state index is 0. The van der Waals surface area contributed by atoms with E-state index in [1.807, 2.05) is 24.3 Å². The predicted molar refractivity (Wildman–Crippen MR) is 199 cm³/mol. The number of rotatable bonds is 7. The number of nitrogens with zero attached hydrogens (tertiary/aromatic N) is 4. The van der Waals surface area contributed by atoms with Crippen molar-refractivity contribution in [2.45, 2.75) is 0 Å². The number of benzene rings is 5. The number of carbonyl (C=O) groups excluding carboxylic acids is 2. The van der Waals surface area contributed by atoms with E-state index in [1.165, 1.54) is 30.3 Å². The average molecular weight is 847 g/mol. The molecule has 5 aromatic rings. The van der Waals surface area contributed by atoms with E-state index in [1.54, 1.807) is 36.4 Å². The fraction of sp³-hybridized carbons (Fsp3) is 0. The van der Waals surface area contributed by atoms with Gasteiger partial charge in [-0.2, -0.15) is 18.6 Å². The van der Waals surface area contributed by atoms with Gasteiger partial charge < -0.3 is 10.2 Å². The van der Waals surface area contributed by atoms with E-state index in [0.29, 0.717) is 17.0 Å². The van der Waals surface area contributed by atoms with Crippen LogP contribution in [0.25, 0.3) is 21.8 Å². The molecule has 21 heteroatoms. The monoisotopic (exact) mass is 846 g/mol. The zero-order chi connectivity index (χ0) is 38.7. The Morgan fingerprint density at radius 2 is 1.25 bits per heavy atom. The molecule has 5 N–H and O–H groups in total. The van der Waals surface area contributed by atoms with E-state index in [-0.39, 0.29) is 133 Å². The van der Waals surface area contributed by atoms with Crippen molar-refractivity contribution in [2.24, 2.45) is 10.2 Å². The molecule has 0 atom stereocenters. The molecule has 2 aliphatic carbocycles. The van der Waals surface area contributed by atoms with Crippen LogP contribution in [0.5, 0.6) is 11.5 Å². The number of nitro benzene ring substituents is 2. The molecule has 0 heterocycles. The molecule has 0 aromatic heterocycles. The van der Waals surface area contributed by atoms with Gasteiger partial charge in [-0.05, 0) is 35.2 Å². The van der Waals surface area contributed by atoms with Crippen molar-refractivity contribution in [3.05, 3.63) is 152 Å². The molecular formula is C36H24CrN6Na2O11S+2. The normalized spacial score (nSPS) is 14.0. The Morgan fingerprint density at radius 3 is 1.95 bits per heavy atom. The summed E-state index contributed by atoms with van der Waals surface area (Å²) in [5.74, 6) is -1.47. The van der Waals surface area contributed by atoms with Gasteiger partial charge in [0, 0.05) is 69.8 Å². The van der Waals surface area contributed by atoms with Gasteiger partial charge in [-0.15, -0.1) is 0 Å². The second kappa shape index (κ2) is 19.4. The van der Waals surface area contributed by atoms with Crippen molar-refractivity contribution in [3.8, 4) is 11.5 Å². The molecule has 17 nitrogen and oxygen atoms in total. The number of hydrogen-bond acceptors (Lipinski definition) is 14. The topological polar surface area (TPSA) is 264 Å². The van der Waals surface area contributed by atoms with Crippen LogP contribution >= 0.6 is 0 Å². The first kappa shape index (κ1) is 46.3. The molecule has 0 bridgehead atoms. The SMILES string of the molecule is O=C1C=C(S(=O)(=O)O)c2cc([N+](=O)[O-])ccc2/C1=N/Nc1c(O)ccc2ccccc12.O=C1C=Cc2ccccc2/C1=N/Nc1cc([N+](=O)[O-])ccc1O.[Cr].[Na+].[Na+]. The first-order valence-corrected chi connectivity index (χ1v) is 16.9. The second-order valence-corrected chi connectivity index (χ2v) is 12.8. The van der Waals surface area contributed by atoms with Crippen LogP contribution in [-0.4, -0.2) is 56.0 Å². The maximum Gasteiger partial charge on any atom is 1.00 e. The molecule has 0 fully saturated rings. The fourth-order valence-electron chi connectivity index (χ4n) is 5.47. The van der Waals surface area contributed by atoms with Crippen LogP contribution in [0, 0.1) is 20.2 Å². The number of fused-ring (bicyclic) bond motifs is 3. The Balaban J connectivity index is 0.000000301. The second-order valence-electron chi connectivity index (χ2n) is 11.4. The first-order chi connectivity index (χ1) is 25.7. The van der Waals surface area contributed by atoms with Crippen LogP contribution in [0.15, 0.2) is 119 Å². The summed E-state index contributed by atoms with van der Waals surface area (Å²) in [5, 5.41) is 51.3. The first-order valence-electron chi connectivity index (χ1n) is 15.4. The number of ketones is 2. The standard InChI is InChI=1S/C20H13N3O7S.C16H11N3O4.Cr.2Na/c24-16-8-5-11-3-1-2-4-13(11)19(16)21-22-20-14-7-6-12(23(26)27)9-15(14)18(10-17(20)25)31(28,29)30;20-14-8-6-11(19(22)23)9-13(14)17-18-16-12-4-2-1-3-10(12)5-7-15(16)21;;;/h1-10,21,24H,(H,28,29,30);1-9,17,20H;;;/q;;;2*+1/b22-20-;18-16-;;;. The summed E-state index contributed by atoms with van der Waals surface area (Å²) in [4.78, 5) is 44.4. The number of phenols is 2. The van der Waals surface area contributed by atoms with Gasteiger partial charge in [-0.1, -0.05) is 60.7 Å². The van der Waals surface area contributed by atoms with Crippen LogP contribution in [0.2, 0.25) is 0 Å². The van der Waals surface area contributed by atoms with E-state index >= 15 is 0 Å². The maximum atomic E-state index is 12.6. The molecule has 7 rings (SSSR count). The molecule has 0 radical (unpaired) electrons. The Bertz CT molecular complexity index is 2690. The minimum Gasteiger partial charge on any atom is -0.506 e. The molecule has 57 heavy (non-hydrogen) atoms. The summed E-state index contributed by atoms with van der Waals surface area (Å²) in [6.07, 6.45) is 3.74. The van der Waals surface area contributed by atoms with Gasteiger partial charge in [-0.3, -0.25) is 45.2 Å². The number of nitro groups is 2. The fourth-order valence-corrected chi connectivity index (χ4v) is 6.17. The van der Waals surface area contributed by atoms with E-state index < -0.39 is 36.3 Å². The van der Waals surface area contributed by atoms with E-state index in [9.17, 15) is 53.0 Å². The molecular weight excluding hydrogens is 822 g/mol. The predicted octanol–water partition coefficient (Wildman–Crippen LogP) is -0.201. The molecule has 276 valence electrons.